The van der Waals surface area contributed by atoms with E-state index in [0.717, 1.165) is 25.1 Å². The highest BCUT2D eigenvalue weighted by atomic mass is 16.1. The Hall–Kier alpha value is -1.63. The van der Waals surface area contributed by atoms with E-state index < -0.39 is 0 Å². The third-order valence-electron chi connectivity index (χ3n) is 2.22. The molecule has 4 nitrogen and oxygen atoms in total. The average molecular weight is 205 g/mol. The molecule has 1 rings (SSSR count). The van der Waals surface area contributed by atoms with Gasteiger partial charge in [-0.2, -0.15) is 5.26 Å². The number of nitrogens with zero attached hydrogens (tertiary/aromatic N) is 2. The Morgan fingerprint density at radius 3 is 2.80 bits per heavy atom. The second-order valence-corrected chi connectivity index (χ2v) is 3.40. The number of hydrogen-bond acceptors (Lipinski definition) is 3. The predicted octanol–water partition coefficient (Wildman–Crippen LogP) is 2.22. The van der Waals surface area contributed by atoms with Crippen LogP contribution >= 0.6 is 0 Å². The summed E-state index contributed by atoms with van der Waals surface area (Å²) in [5.41, 5.74) is 0.596. The number of nitriles is 1. The van der Waals surface area contributed by atoms with Crippen LogP contribution in [0.4, 0.5) is 0 Å². The van der Waals surface area contributed by atoms with Crippen molar-refractivity contribution in [2.45, 2.75) is 39.5 Å². The lowest BCUT2D eigenvalue weighted by molar-refractivity contribution is 0.0983. The van der Waals surface area contributed by atoms with Crippen LogP contribution < -0.4 is 0 Å². The molecule has 0 aliphatic carbocycles. The number of imidazole rings is 1. The van der Waals surface area contributed by atoms with Gasteiger partial charge in [-0.15, -0.1) is 0 Å². The highest BCUT2D eigenvalue weighted by molar-refractivity contribution is 5.95. The van der Waals surface area contributed by atoms with Gasteiger partial charge in [0.2, 0.25) is 0 Å². The van der Waals surface area contributed by atoms with Gasteiger partial charge in [-0.1, -0.05) is 20.3 Å². The molecule has 1 N–H and O–H groups in total. The normalized spacial score (nSPS) is 9.93. The van der Waals surface area contributed by atoms with E-state index in [9.17, 15) is 4.79 Å². The van der Waals surface area contributed by atoms with Crippen LogP contribution in [0.3, 0.4) is 0 Å². The van der Waals surface area contributed by atoms with Gasteiger partial charge in [0, 0.05) is 12.8 Å². The average Bonchev–Trinajstić information content (AvgIpc) is 2.68. The van der Waals surface area contributed by atoms with Crippen molar-refractivity contribution >= 4 is 5.78 Å². The Labute approximate surface area is 89.3 Å². The molecule has 0 spiro atoms. The molecule has 0 aromatic carbocycles. The van der Waals surface area contributed by atoms with E-state index >= 15 is 0 Å². The van der Waals surface area contributed by atoms with Crippen LogP contribution in [0.25, 0.3) is 0 Å². The summed E-state index contributed by atoms with van der Waals surface area (Å²) in [6.45, 7) is 3.86. The summed E-state index contributed by atoms with van der Waals surface area (Å²) >= 11 is 0. The van der Waals surface area contributed by atoms with Crippen molar-refractivity contribution in [3.8, 4) is 6.07 Å². The SMILES string of the molecule is CCCCc1nc(C(=O)CC)c(C#N)[nH]1. The zero-order valence-corrected chi connectivity index (χ0v) is 9.13. The summed E-state index contributed by atoms with van der Waals surface area (Å²) in [6, 6.07) is 1.97. The maximum absolute atomic E-state index is 11.4. The van der Waals surface area contributed by atoms with E-state index in [1.54, 1.807) is 6.92 Å². The monoisotopic (exact) mass is 205 g/mol. The topological polar surface area (TPSA) is 69.5 Å². The largest absolute Gasteiger partial charge is 0.333 e. The van der Waals surface area contributed by atoms with E-state index in [2.05, 4.69) is 16.9 Å². The molecule has 15 heavy (non-hydrogen) atoms. The molecule has 0 aliphatic rings. The van der Waals surface area contributed by atoms with Crippen LogP contribution in [0, 0.1) is 11.3 Å². The Bertz CT molecular complexity index is 387. The van der Waals surface area contributed by atoms with Crippen molar-refractivity contribution in [3.63, 3.8) is 0 Å². The van der Waals surface area contributed by atoms with Gasteiger partial charge in [0.15, 0.2) is 5.78 Å². The van der Waals surface area contributed by atoms with Gasteiger partial charge in [-0.3, -0.25) is 4.79 Å². The number of H-pyrrole nitrogens is 1. The van der Waals surface area contributed by atoms with Crippen molar-refractivity contribution in [1.29, 1.82) is 5.26 Å². The number of carbonyl (C=O) groups excluding carboxylic acids is 1. The Morgan fingerprint density at radius 2 is 2.27 bits per heavy atom. The zero-order chi connectivity index (χ0) is 11.3. The highest BCUT2D eigenvalue weighted by Crippen LogP contribution is 2.09. The number of hydrogen-bond donors (Lipinski definition) is 1. The summed E-state index contributed by atoms with van der Waals surface area (Å²) in [7, 11) is 0. The van der Waals surface area contributed by atoms with Gasteiger partial charge in [0.05, 0.1) is 0 Å². The van der Waals surface area contributed by atoms with E-state index in [4.69, 9.17) is 5.26 Å². The molecule has 0 saturated heterocycles. The number of unbranched alkanes of at least 4 members (excludes halogenated alkanes) is 1. The molecule has 4 heteroatoms. The van der Waals surface area contributed by atoms with E-state index in [1.807, 2.05) is 6.07 Å². The first-order valence-corrected chi connectivity index (χ1v) is 5.25. The first-order chi connectivity index (χ1) is 7.22. The fourth-order valence-corrected chi connectivity index (χ4v) is 1.34. The van der Waals surface area contributed by atoms with Crippen molar-refractivity contribution in [2.24, 2.45) is 0 Å². The van der Waals surface area contributed by atoms with E-state index in [0.29, 0.717) is 17.8 Å². The molecule has 1 aromatic heterocycles. The summed E-state index contributed by atoms with van der Waals surface area (Å²) in [4.78, 5) is 18.5. The standard InChI is InChI=1S/C11H15N3O/c1-3-5-6-10-13-8(7-12)11(14-10)9(15)4-2/h3-6H2,1-2H3,(H,13,14). The van der Waals surface area contributed by atoms with Crippen LogP contribution in [0.15, 0.2) is 0 Å². The Morgan fingerprint density at radius 1 is 1.53 bits per heavy atom. The van der Waals surface area contributed by atoms with Crippen LogP contribution in [-0.2, 0) is 6.42 Å². The lowest BCUT2D eigenvalue weighted by atomic mass is 10.2. The van der Waals surface area contributed by atoms with Crippen LogP contribution in [0.5, 0.6) is 0 Å². The molecule has 1 aromatic rings. The molecular weight excluding hydrogens is 190 g/mol. The first-order valence-electron chi connectivity index (χ1n) is 5.25. The minimum absolute atomic E-state index is 0.0782. The molecular formula is C11H15N3O. The van der Waals surface area contributed by atoms with Gasteiger partial charge >= 0.3 is 0 Å². The quantitative estimate of drug-likeness (QED) is 0.749. The lowest BCUT2D eigenvalue weighted by Gasteiger charge is -1.91. The maximum atomic E-state index is 11.4. The molecule has 0 atom stereocenters. The molecule has 0 unspecified atom stereocenters. The smallest absolute Gasteiger partial charge is 0.183 e. The molecule has 0 amide bonds. The first kappa shape index (κ1) is 11.4. The van der Waals surface area contributed by atoms with Crippen molar-refractivity contribution in [1.82, 2.24) is 9.97 Å². The van der Waals surface area contributed by atoms with Crippen LogP contribution in [0.1, 0.15) is 55.1 Å². The van der Waals surface area contributed by atoms with Crippen molar-refractivity contribution in [3.05, 3.63) is 17.2 Å². The van der Waals surface area contributed by atoms with Gasteiger partial charge in [0.1, 0.15) is 23.3 Å². The molecule has 0 saturated carbocycles. The number of Topliss-reactive ketones (excluding diaryl/α,β-unsaturated/α-hetero) is 1. The number of aryl methyl sites for hydroxylation is 1. The highest BCUT2D eigenvalue weighted by Gasteiger charge is 2.15. The molecule has 0 fully saturated rings. The number of aromatic nitrogens is 2. The summed E-state index contributed by atoms with van der Waals surface area (Å²) in [6.07, 6.45) is 3.26. The fourth-order valence-electron chi connectivity index (χ4n) is 1.34. The summed E-state index contributed by atoms with van der Waals surface area (Å²) < 4.78 is 0. The van der Waals surface area contributed by atoms with Gasteiger partial charge in [-0.05, 0) is 6.42 Å². The fraction of sp³-hybridized carbons (Fsp3) is 0.545. The lowest BCUT2D eigenvalue weighted by Crippen LogP contribution is -1.99. The molecule has 0 radical (unpaired) electrons. The third-order valence-corrected chi connectivity index (χ3v) is 2.22. The van der Waals surface area contributed by atoms with Crippen LogP contribution in [0.2, 0.25) is 0 Å². The predicted molar refractivity (Wildman–Crippen MR) is 56.5 cm³/mol. The molecule has 0 bridgehead atoms. The maximum Gasteiger partial charge on any atom is 0.183 e. The summed E-state index contributed by atoms with van der Waals surface area (Å²) in [5.74, 6) is 0.663. The minimum atomic E-state index is -0.0782. The van der Waals surface area contributed by atoms with Crippen molar-refractivity contribution in [2.75, 3.05) is 0 Å². The minimum Gasteiger partial charge on any atom is -0.333 e. The Kier molecular flexibility index (Phi) is 4.04. The molecule has 1 heterocycles. The number of nitrogens with one attached hydrogen (secondary N) is 1. The number of aromatic amines is 1. The van der Waals surface area contributed by atoms with Gasteiger partial charge in [-0.25, -0.2) is 4.98 Å². The third kappa shape index (κ3) is 2.66. The van der Waals surface area contributed by atoms with E-state index in [-0.39, 0.29) is 5.78 Å². The summed E-state index contributed by atoms with van der Waals surface area (Å²) in [5, 5.41) is 8.83. The van der Waals surface area contributed by atoms with E-state index in [1.165, 1.54) is 0 Å². The van der Waals surface area contributed by atoms with Crippen molar-refractivity contribution < 1.29 is 4.79 Å². The van der Waals surface area contributed by atoms with Gasteiger partial charge < -0.3 is 4.98 Å². The zero-order valence-electron chi connectivity index (χ0n) is 9.13. The molecule has 0 aliphatic heterocycles. The van der Waals surface area contributed by atoms with Crippen LogP contribution in [-0.4, -0.2) is 15.8 Å². The second-order valence-electron chi connectivity index (χ2n) is 3.40. The number of ketones is 1. The van der Waals surface area contributed by atoms with Gasteiger partial charge in [0.25, 0.3) is 0 Å². The Balaban J connectivity index is 2.91. The number of rotatable bonds is 5. The number of carbonyl (C=O) groups is 1. The second kappa shape index (κ2) is 5.30. The molecule has 80 valence electrons.